The van der Waals surface area contributed by atoms with Gasteiger partial charge in [-0.05, 0) is 24.6 Å². The van der Waals surface area contributed by atoms with E-state index < -0.39 is 0 Å². The van der Waals surface area contributed by atoms with Crippen LogP contribution in [-0.2, 0) is 0 Å². The summed E-state index contributed by atoms with van der Waals surface area (Å²) >= 11 is 0. The van der Waals surface area contributed by atoms with Gasteiger partial charge in [-0.1, -0.05) is 6.07 Å². The van der Waals surface area contributed by atoms with Crippen LogP contribution in [0.4, 0.5) is 10.1 Å². The second kappa shape index (κ2) is 3.34. The molecule has 70 valence electrons. The fourth-order valence-corrected chi connectivity index (χ4v) is 1.65. The first-order valence-electron chi connectivity index (χ1n) is 4.44. The number of hydrogen-bond donors (Lipinski definition) is 1. The molecule has 0 unspecified atom stereocenters. The SMILES string of the molecule is O[C@@H]1CCN(c2cccc(F)c2)C1. The molecule has 0 amide bonds. The lowest BCUT2D eigenvalue weighted by atomic mass is 10.3. The van der Waals surface area contributed by atoms with E-state index in [-0.39, 0.29) is 11.9 Å². The highest BCUT2D eigenvalue weighted by Crippen LogP contribution is 2.20. The number of aliphatic hydroxyl groups is 1. The van der Waals surface area contributed by atoms with E-state index in [9.17, 15) is 9.50 Å². The number of rotatable bonds is 1. The van der Waals surface area contributed by atoms with Gasteiger partial charge in [-0.25, -0.2) is 4.39 Å². The second-order valence-electron chi connectivity index (χ2n) is 3.37. The molecular formula is C10H12FNO. The van der Waals surface area contributed by atoms with Crippen LogP contribution >= 0.6 is 0 Å². The molecule has 13 heavy (non-hydrogen) atoms. The molecule has 1 fully saturated rings. The molecule has 0 aliphatic carbocycles. The maximum absolute atomic E-state index is 12.8. The Morgan fingerprint density at radius 1 is 1.46 bits per heavy atom. The van der Waals surface area contributed by atoms with E-state index in [4.69, 9.17) is 0 Å². The molecule has 0 spiro atoms. The van der Waals surface area contributed by atoms with Crippen LogP contribution in [0.3, 0.4) is 0 Å². The molecule has 1 saturated heterocycles. The quantitative estimate of drug-likeness (QED) is 0.707. The molecule has 0 bridgehead atoms. The summed E-state index contributed by atoms with van der Waals surface area (Å²) in [5.41, 5.74) is 0.858. The predicted octanol–water partition coefficient (Wildman–Crippen LogP) is 1.40. The first kappa shape index (κ1) is 8.51. The second-order valence-corrected chi connectivity index (χ2v) is 3.37. The van der Waals surface area contributed by atoms with E-state index in [0.29, 0.717) is 6.54 Å². The van der Waals surface area contributed by atoms with Crippen molar-refractivity contribution in [3.05, 3.63) is 30.1 Å². The zero-order valence-electron chi connectivity index (χ0n) is 7.28. The number of hydrogen-bond acceptors (Lipinski definition) is 2. The molecule has 1 heterocycles. The van der Waals surface area contributed by atoms with Crippen molar-refractivity contribution in [2.24, 2.45) is 0 Å². The molecule has 0 saturated carbocycles. The Hall–Kier alpha value is -1.09. The fourth-order valence-electron chi connectivity index (χ4n) is 1.65. The van der Waals surface area contributed by atoms with E-state index in [0.717, 1.165) is 18.7 Å². The van der Waals surface area contributed by atoms with Gasteiger partial charge in [-0.15, -0.1) is 0 Å². The first-order chi connectivity index (χ1) is 6.25. The van der Waals surface area contributed by atoms with Crippen LogP contribution in [0.1, 0.15) is 6.42 Å². The van der Waals surface area contributed by atoms with Crippen molar-refractivity contribution in [2.45, 2.75) is 12.5 Å². The van der Waals surface area contributed by atoms with E-state index >= 15 is 0 Å². The Labute approximate surface area is 76.6 Å². The molecule has 1 N–H and O–H groups in total. The normalized spacial score (nSPS) is 22.3. The third kappa shape index (κ3) is 1.80. The number of β-amino-alcohol motifs (C(OH)–C–C–N with tert-alkyl or cyclic N) is 1. The topological polar surface area (TPSA) is 23.5 Å². The summed E-state index contributed by atoms with van der Waals surface area (Å²) in [6.07, 6.45) is 0.513. The summed E-state index contributed by atoms with van der Waals surface area (Å²) in [6, 6.07) is 6.48. The Balaban J connectivity index is 2.16. The smallest absolute Gasteiger partial charge is 0.125 e. The lowest BCUT2D eigenvalue weighted by Crippen LogP contribution is -2.21. The average Bonchev–Trinajstić information content (AvgIpc) is 2.52. The van der Waals surface area contributed by atoms with Gasteiger partial charge in [-0.3, -0.25) is 0 Å². The van der Waals surface area contributed by atoms with Crippen LogP contribution < -0.4 is 4.90 Å². The molecule has 3 heteroatoms. The molecule has 1 aromatic rings. The zero-order chi connectivity index (χ0) is 9.26. The van der Waals surface area contributed by atoms with E-state index in [2.05, 4.69) is 0 Å². The van der Waals surface area contributed by atoms with Crippen molar-refractivity contribution in [1.82, 2.24) is 0 Å². The molecule has 0 aromatic heterocycles. The Kier molecular flexibility index (Phi) is 2.19. The molecule has 1 aliphatic rings. The lowest BCUT2D eigenvalue weighted by Gasteiger charge is -2.17. The number of anilines is 1. The number of aliphatic hydroxyl groups excluding tert-OH is 1. The van der Waals surface area contributed by atoms with Gasteiger partial charge in [0.25, 0.3) is 0 Å². The minimum atomic E-state index is -0.261. The number of benzene rings is 1. The van der Waals surface area contributed by atoms with Crippen LogP contribution in [0.2, 0.25) is 0 Å². The number of nitrogens with zero attached hydrogens (tertiary/aromatic N) is 1. The van der Waals surface area contributed by atoms with E-state index in [1.807, 2.05) is 11.0 Å². The van der Waals surface area contributed by atoms with Gasteiger partial charge in [0.15, 0.2) is 0 Å². The summed E-state index contributed by atoms with van der Waals surface area (Å²) in [7, 11) is 0. The molecular weight excluding hydrogens is 169 g/mol. The van der Waals surface area contributed by atoms with Crippen molar-refractivity contribution in [3.8, 4) is 0 Å². The lowest BCUT2D eigenvalue weighted by molar-refractivity contribution is 0.198. The fraction of sp³-hybridized carbons (Fsp3) is 0.400. The average molecular weight is 181 g/mol. The van der Waals surface area contributed by atoms with Gasteiger partial charge in [0, 0.05) is 18.8 Å². The maximum atomic E-state index is 12.8. The van der Waals surface area contributed by atoms with Crippen molar-refractivity contribution in [1.29, 1.82) is 0 Å². The van der Waals surface area contributed by atoms with Crippen LogP contribution in [-0.4, -0.2) is 24.3 Å². The summed E-state index contributed by atoms with van der Waals surface area (Å²) in [6.45, 7) is 1.42. The summed E-state index contributed by atoms with van der Waals surface area (Å²) < 4.78 is 12.8. The zero-order valence-corrected chi connectivity index (χ0v) is 7.28. The monoisotopic (exact) mass is 181 g/mol. The van der Waals surface area contributed by atoms with Crippen LogP contribution in [0.25, 0.3) is 0 Å². The van der Waals surface area contributed by atoms with E-state index in [1.54, 1.807) is 6.07 Å². The summed E-state index contributed by atoms with van der Waals surface area (Å²) in [5.74, 6) is -0.223. The van der Waals surface area contributed by atoms with Crippen molar-refractivity contribution < 1.29 is 9.50 Å². The minimum absolute atomic E-state index is 0.223. The Bertz CT molecular complexity index is 303. The standard InChI is InChI=1S/C10H12FNO/c11-8-2-1-3-9(6-8)12-5-4-10(13)7-12/h1-3,6,10,13H,4-5,7H2/t10-/m1/s1. The van der Waals surface area contributed by atoms with Crippen LogP contribution in [0, 0.1) is 5.82 Å². The van der Waals surface area contributed by atoms with Gasteiger partial charge < -0.3 is 10.0 Å². The minimum Gasteiger partial charge on any atom is -0.391 e. The van der Waals surface area contributed by atoms with Gasteiger partial charge in [0.2, 0.25) is 0 Å². The third-order valence-electron chi connectivity index (χ3n) is 2.34. The van der Waals surface area contributed by atoms with Gasteiger partial charge in [0.05, 0.1) is 6.10 Å². The number of halogens is 1. The van der Waals surface area contributed by atoms with Crippen molar-refractivity contribution >= 4 is 5.69 Å². The van der Waals surface area contributed by atoms with Crippen LogP contribution in [0.5, 0.6) is 0 Å². The molecule has 2 nitrogen and oxygen atoms in total. The highest BCUT2D eigenvalue weighted by Gasteiger charge is 2.20. The van der Waals surface area contributed by atoms with Crippen molar-refractivity contribution in [2.75, 3.05) is 18.0 Å². The van der Waals surface area contributed by atoms with E-state index in [1.165, 1.54) is 12.1 Å². The van der Waals surface area contributed by atoms with Crippen LogP contribution in [0.15, 0.2) is 24.3 Å². The molecule has 1 aromatic carbocycles. The highest BCUT2D eigenvalue weighted by atomic mass is 19.1. The van der Waals surface area contributed by atoms with Gasteiger partial charge >= 0.3 is 0 Å². The first-order valence-corrected chi connectivity index (χ1v) is 4.44. The molecule has 0 radical (unpaired) electrons. The largest absolute Gasteiger partial charge is 0.391 e. The summed E-state index contributed by atoms with van der Waals surface area (Å²) in [5, 5.41) is 9.29. The summed E-state index contributed by atoms with van der Waals surface area (Å²) in [4.78, 5) is 1.99. The van der Waals surface area contributed by atoms with Crippen molar-refractivity contribution in [3.63, 3.8) is 0 Å². The molecule has 1 atom stereocenters. The molecule has 2 rings (SSSR count). The third-order valence-corrected chi connectivity index (χ3v) is 2.34. The van der Waals surface area contributed by atoms with Gasteiger partial charge in [-0.2, -0.15) is 0 Å². The van der Waals surface area contributed by atoms with Gasteiger partial charge in [0.1, 0.15) is 5.82 Å². The Morgan fingerprint density at radius 3 is 2.92 bits per heavy atom. The highest BCUT2D eigenvalue weighted by molar-refractivity contribution is 5.47. The Morgan fingerprint density at radius 2 is 2.31 bits per heavy atom. The maximum Gasteiger partial charge on any atom is 0.125 e. The molecule has 1 aliphatic heterocycles. The predicted molar refractivity (Wildman–Crippen MR) is 49.2 cm³/mol.